The van der Waals surface area contributed by atoms with Crippen molar-refractivity contribution < 1.29 is 0 Å². The minimum atomic E-state index is 0.509. The van der Waals surface area contributed by atoms with Crippen molar-refractivity contribution >= 4 is 0 Å². The summed E-state index contributed by atoms with van der Waals surface area (Å²) in [5.74, 6) is 2.75. The Morgan fingerprint density at radius 1 is 1.07 bits per heavy atom. The Hall–Kier alpha value is 0. The molecule has 14 heavy (non-hydrogen) atoms. The van der Waals surface area contributed by atoms with Gasteiger partial charge in [0.1, 0.15) is 0 Å². The summed E-state index contributed by atoms with van der Waals surface area (Å²) in [6.07, 6.45) is 10.0. The van der Waals surface area contributed by atoms with Gasteiger partial charge in [-0.3, -0.25) is 0 Å². The van der Waals surface area contributed by atoms with Gasteiger partial charge in [0, 0.05) is 0 Å². The zero-order chi connectivity index (χ0) is 10.6. The Balaban J connectivity index is 2.21. The second-order valence-electron chi connectivity index (χ2n) is 6.38. The highest BCUT2D eigenvalue weighted by atomic mass is 14.3. The van der Waals surface area contributed by atoms with Crippen molar-refractivity contribution in [1.82, 2.24) is 0 Å². The van der Waals surface area contributed by atoms with Crippen LogP contribution in [0, 0.1) is 17.3 Å². The minimum Gasteiger partial charge on any atom is -0.0625 e. The molecule has 1 radical (unpaired) electrons. The van der Waals surface area contributed by atoms with Crippen LogP contribution >= 0.6 is 0 Å². The first kappa shape index (κ1) is 12.1. The van der Waals surface area contributed by atoms with Crippen molar-refractivity contribution in [2.24, 2.45) is 11.3 Å². The van der Waals surface area contributed by atoms with Crippen LogP contribution in [0.1, 0.15) is 72.6 Å². The van der Waals surface area contributed by atoms with E-state index in [2.05, 4.69) is 27.7 Å². The van der Waals surface area contributed by atoms with Crippen LogP contribution in [0.5, 0.6) is 0 Å². The van der Waals surface area contributed by atoms with Crippen molar-refractivity contribution in [3.8, 4) is 0 Å². The lowest BCUT2D eigenvalue weighted by atomic mass is 9.78. The molecule has 0 spiro atoms. The highest BCUT2D eigenvalue weighted by Gasteiger charge is 2.20. The maximum absolute atomic E-state index is 2.42. The molecule has 1 aliphatic carbocycles. The van der Waals surface area contributed by atoms with Crippen molar-refractivity contribution in [1.29, 1.82) is 0 Å². The molecular weight excluding hydrogens is 168 g/mol. The van der Waals surface area contributed by atoms with E-state index >= 15 is 0 Å². The Bertz CT molecular complexity index is 146. The van der Waals surface area contributed by atoms with E-state index in [1.165, 1.54) is 44.9 Å². The Kier molecular flexibility index (Phi) is 4.47. The number of hydrogen-bond donors (Lipinski definition) is 0. The van der Waals surface area contributed by atoms with Crippen LogP contribution in [0.15, 0.2) is 0 Å². The van der Waals surface area contributed by atoms with Gasteiger partial charge in [0.2, 0.25) is 0 Å². The molecule has 1 rings (SSSR count). The standard InChI is InChI=1S/C14H27/c1-12(11-14(2,3)4)10-13-8-6-5-7-9-13/h12H,5-11H2,1-4H3. The van der Waals surface area contributed by atoms with Gasteiger partial charge in [-0.25, -0.2) is 0 Å². The smallest absolute Gasteiger partial charge is 0.0238 e. The molecule has 0 aliphatic heterocycles. The first-order valence-corrected chi connectivity index (χ1v) is 6.31. The number of rotatable bonds is 3. The topological polar surface area (TPSA) is 0 Å². The van der Waals surface area contributed by atoms with E-state index in [4.69, 9.17) is 0 Å². The summed E-state index contributed by atoms with van der Waals surface area (Å²) in [5, 5.41) is 0. The van der Waals surface area contributed by atoms with Gasteiger partial charge in [0.15, 0.2) is 0 Å². The lowest BCUT2D eigenvalue weighted by Gasteiger charge is -2.28. The van der Waals surface area contributed by atoms with E-state index < -0.39 is 0 Å². The van der Waals surface area contributed by atoms with E-state index in [0.29, 0.717) is 5.41 Å². The second kappa shape index (κ2) is 5.19. The molecule has 0 aromatic heterocycles. The van der Waals surface area contributed by atoms with Gasteiger partial charge in [-0.1, -0.05) is 47.0 Å². The number of hydrogen-bond acceptors (Lipinski definition) is 0. The third kappa shape index (κ3) is 5.02. The second-order valence-corrected chi connectivity index (χ2v) is 6.38. The Morgan fingerprint density at radius 3 is 2.14 bits per heavy atom. The molecule has 0 heteroatoms. The molecule has 0 bridgehead atoms. The van der Waals surface area contributed by atoms with Crippen molar-refractivity contribution in [2.45, 2.75) is 72.6 Å². The van der Waals surface area contributed by atoms with Gasteiger partial charge in [-0.15, -0.1) is 0 Å². The molecule has 83 valence electrons. The molecule has 1 atom stereocenters. The van der Waals surface area contributed by atoms with Crippen molar-refractivity contribution in [3.63, 3.8) is 0 Å². The minimum absolute atomic E-state index is 0.509. The van der Waals surface area contributed by atoms with E-state index in [-0.39, 0.29) is 0 Å². The predicted molar refractivity (Wildman–Crippen MR) is 64.2 cm³/mol. The van der Waals surface area contributed by atoms with Gasteiger partial charge in [0.25, 0.3) is 0 Å². The average Bonchev–Trinajstić information content (AvgIpc) is 2.02. The maximum atomic E-state index is 2.42. The third-order valence-corrected chi connectivity index (χ3v) is 3.16. The van der Waals surface area contributed by atoms with Crippen LogP contribution in [0.2, 0.25) is 0 Å². The molecule has 1 unspecified atom stereocenters. The molecule has 0 aromatic rings. The summed E-state index contributed by atoms with van der Waals surface area (Å²) in [4.78, 5) is 0. The summed E-state index contributed by atoms with van der Waals surface area (Å²) >= 11 is 0. The lowest BCUT2D eigenvalue weighted by Crippen LogP contribution is -2.14. The van der Waals surface area contributed by atoms with E-state index in [9.17, 15) is 0 Å². The summed E-state index contributed by atoms with van der Waals surface area (Å²) in [5.41, 5.74) is 0.509. The molecule has 0 N–H and O–H groups in total. The first-order valence-electron chi connectivity index (χ1n) is 6.31. The van der Waals surface area contributed by atoms with Crippen LogP contribution in [0.25, 0.3) is 0 Å². The molecule has 1 saturated carbocycles. The molecule has 0 nitrogen and oxygen atoms in total. The largest absolute Gasteiger partial charge is 0.0625 e. The molecule has 0 amide bonds. The third-order valence-electron chi connectivity index (χ3n) is 3.16. The Labute approximate surface area is 90.5 Å². The zero-order valence-electron chi connectivity index (χ0n) is 10.5. The summed E-state index contributed by atoms with van der Waals surface area (Å²) in [6.45, 7) is 9.49. The van der Waals surface area contributed by atoms with Gasteiger partial charge in [-0.05, 0) is 42.9 Å². The molecule has 1 aliphatic rings. The molecule has 1 fully saturated rings. The fourth-order valence-electron chi connectivity index (χ4n) is 2.87. The van der Waals surface area contributed by atoms with Gasteiger partial charge < -0.3 is 0 Å². The van der Waals surface area contributed by atoms with E-state index in [0.717, 1.165) is 5.92 Å². The molecule has 0 heterocycles. The van der Waals surface area contributed by atoms with Crippen molar-refractivity contribution in [3.05, 3.63) is 5.92 Å². The monoisotopic (exact) mass is 195 g/mol. The van der Waals surface area contributed by atoms with Crippen LogP contribution in [0.4, 0.5) is 0 Å². The van der Waals surface area contributed by atoms with E-state index in [1.54, 1.807) is 0 Å². The van der Waals surface area contributed by atoms with Crippen LogP contribution in [-0.2, 0) is 0 Å². The molecule has 0 aromatic carbocycles. The maximum Gasteiger partial charge on any atom is -0.0238 e. The molecular formula is C14H27. The first-order chi connectivity index (χ1) is 6.47. The van der Waals surface area contributed by atoms with Crippen LogP contribution in [-0.4, -0.2) is 0 Å². The lowest BCUT2D eigenvalue weighted by molar-refractivity contribution is 0.291. The summed E-state index contributed by atoms with van der Waals surface area (Å²) in [7, 11) is 0. The SMILES string of the molecule is CC(C[C]1CCCCC1)CC(C)(C)C. The zero-order valence-corrected chi connectivity index (χ0v) is 10.5. The van der Waals surface area contributed by atoms with Gasteiger partial charge in [-0.2, -0.15) is 0 Å². The summed E-state index contributed by atoms with van der Waals surface area (Å²) < 4.78 is 0. The summed E-state index contributed by atoms with van der Waals surface area (Å²) in [6, 6.07) is 0. The van der Waals surface area contributed by atoms with Crippen molar-refractivity contribution in [2.75, 3.05) is 0 Å². The van der Waals surface area contributed by atoms with Crippen LogP contribution < -0.4 is 0 Å². The fourth-order valence-corrected chi connectivity index (χ4v) is 2.87. The highest BCUT2D eigenvalue weighted by molar-refractivity contribution is 4.93. The predicted octanol–water partition coefficient (Wildman–Crippen LogP) is 4.99. The van der Waals surface area contributed by atoms with E-state index in [1.807, 2.05) is 5.92 Å². The molecule has 0 saturated heterocycles. The quantitative estimate of drug-likeness (QED) is 0.595. The highest BCUT2D eigenvalue weighted by Crippen LogP contribution is 2.34. The van der Waals surface area contributed by atoms with Gasteiger partial charge in [0.05, 0.1) is 0 Å². The fraction of sp³-hybridized carbons (Fsp3) is 0.929. The Morgan fingerprint density at radius 2 is 1.64 bits per heavy atom. The normalized spacial score (nSPS) is 22.3. The average molecular weight is 195 g/mol. The van der Waals surface area contributed by atoms with Crippen LogP contribution in [0.3, 0.4) is 0 Å². The van der Waals surface area contributed by atoms with Gasteiger partial charge >= 0.3 is 0 Å².